The monoisotopic (exact) mass is 373 g/mol. The summed E-state index contributed by atoms with van der Waals surface area (Å²) in [7, 11) is 0. The molecule has 0 radical (unpaired) electrons. The zero-order valence-electron chi connectivity index (χ0n) is 10.9. The lowest BCUT2D eigenvalue weighted by Gasteiger charge is -2.27. The minimum Gasteiger partial charge on any atom is -0.480 e. The van der Waals surface area contributed by atoms with Crippen molar-refractivity contribution in [2.45, 2.75) is 38.8 Å². The molecule has 1 fully saturated rings. The average molecular weight is 373 g/mol. The molecule has 0 aromatic heterocycles. The summed E-state index contributed by atoms with van der Waals surface area (Å²) in [5, 5.41) is 9.15. The van der Waals surface area contributed by atoms with E-state index in [1.807, 2.05) is 25.1 Å². The van der Waals surface area contributed by atoms with E-state index in [1.54, 1.807) is 6.92 Å². The van der Waals surface area contributed by atoms with Gasteiger partial charge in [0.1, 0.15) is 6.04 Å². The number of carboxylic acids is 1. The van der Waals surface area contributed by atoms with Crippen LogP contribution in [0, 0.1) is 10.5 Å². The lowest BCUT2D eigenvalue weighted by Crippen LogP contribution is -2.45. The Bertz CT molecular complexity index is 525. The second-order valence-electron chi connectivity index (χ2n) is 4.94. The summed E-state index contributed by atoms with van der Waals surface area (Å²) in [5.74, 6) is -1.13. The molecule has 2 rings (SSSR count). The van der Waals surface area contributed by atoms with Crippen molar-refractivity contribution in [2.24, 2.45) is 0 Å². The highest BCUT2D eigenvalue weighted by atomic mass is 127. The zero-order valence-corrected chi connectivity index (χ0v) is 13.0. The van der Waals surface area contributed by atoms with E-state index in [-0.39, 0.29) is 11.9 Å². The van der Waals surface area contributed by atoms with Crippen LogP contribution < -0.4 is 0 Å². The highest BCUT2D eigenvalue weighted by Crippen LogP contribution is 2.31. The number of carbonyl (C=O) groups is 2. The summed E-state index contributed by atoms with van der Waals surface area (Å²) in [6.45, 7) is 3.50. The van der Waals surface area contributed by atoms with E-state index in [0.717, 1.165) is 22.0 Å². The molecule has 19 heavy (non-hydrogen) atoms. The van der Waals surface area contributed by atoms with Crippen LogP contribution in [0.25, 0.3) is 0 Å². The second-order valence-corrected chi connectivity index (χ2v) is 6.10. The Morgan fingerprint density at radius 3 is 2.58 bits per heavy atom. The standard InChI is InChI=1S/C14H16INO3/c1-8-3-6-12(15)11(7-8)13(17)16(10-4-5-10)9(2)14(18)19/h3,6-7,9-10H,4-5H2,1-2H3,(H,18,19). The van der Waals surface area contributed by atoms with Crippen molar-refractivity contribution in [3.8, 4) is 0 Å². The molecule has 1 aromatic carbocycles. The van der Waals surface area contributed by atoms with Crippen LogP contribution in [-0.2, 0) is 4.79 Å². The van der Waals surface area contributed by atoms with Gasteiger partial charge in [-0.25, -0.2) is 4.79 Å². The number of aliphatic carboxylic acids is 1. The molecule has 1 N–H and O–H groups in total. The first-order chi connectivity index (χ1) is 8.91. The van der Waals surface area contributed by atoms with Gasteiger partial charge in [0.2, 0.25) is 0 Å². The van der Waals surface area contributed by atoms with Gasteiger partial charge in [0.15, 0.2) is 0 Å². The Labute approximate surface area is 125 Å². The minimum atomic E-state index is -0.956. The van der Waals surface area contributed by atoms with Gasteiger partial charge in [-0.2, -0.15) is 0 Å². The predicted octanol–water partition coefficient (Wildman–Crippen LogP) is 2.68. The van der Waals surface area contributed by atoms with E-state index in [4.69, 9.17) is 5.11 Å². The third-order valence-electron chi connectivity index (χ3n) is 3.30. The maximum Gasteiger partial charge on any atom is 0.326 e. The first-order valence-electron chi connectivity index (χ1n) is 6.23. The number of hydrogen-bond donors (Lipinski definition) is 1. The Kier molecular flexibility index (Phi) is 4.13. The van der Waals surface area contributed by atoms with Gasteiger partial charge in [0.05, 0.1) is 5.56 Å². The summed E-state index contributed by atoms with van der Waals surface area (Å²) in [6.07, 6.45) is 1.79. The lowest BCUT2D eigenvalue weighted by atomic mass is 10.1. The van der Waals surface area contributed by atoms with Crippen molar-refractivity contribution in [1.82, 2.24) is 4.90 Å². The van der Waals surface area contributed by atoms with E-state index < -0.39 is 12.0 Å². The molecule has 0 aliphatic heterocycles. The van der Waals surface area contributed by atoms with Crippen molar-refractivity contribution < 1.29 is 14.7 Å². The Hall–Kier alpha value is -1.11. The molecule has 1 aliphatic rings. The van der Waals surface area contributed by atoms with Crippen LogP contribution in [-0.4, -0.2) is 34.0 Å². The number of rotatable bonds is 4. The SMILES string of the molecule is Cc1ccc(I)c(C(=O)N(C2CC2)C(C)C(=O)O)c1. The number of aryl methyl sites for hydroxylation is 1. The third kappa shape index (κ3) is 3.08. The second kappa shape index (κ2) is 5.48. The van der Waals surface area contributed by atoms with Crippen molar-refractivity contribution in [3.05, 3.63) is 32.9 Å². The van der Waals surface area contributed by atoms with Crippen LogP contribution in [0.15, 0.2) is 18.2 Å². The van der Waals surface area contributed by atoms with Crippen molar-refractivity contribution in [3.63, 3.8) is 0 Å². The van der Waals surface area contributed by atoms with Crippen LogP contribution >= 0.6 is 22.6 Å². The normalized spacial score (nSPS) is 15.9. The maximum atomic E-state index is 12.6. The van der Waals surface area contributed by atoms with Crippen molar-refractivity contribution in [1.29, 1.82) is 0 Å². The van der Waals surface area contributed by atoms with E-state index in [9.17, 15) is 9.59 Å². The van der Waals surface area contributed by atoms with Gasteiger partial charge < -0.3 is 10.0 Å². The average Bonchev–Trinajstić information content (AvgIpc) is 3.16. The van der Waals surface area contributed by atoms with Crippen molar-refractivity contribution in [2.75, 3.05) is 0 Å². The Morgan fingerprint density at radius 1 is 1.42 bits per heavy atom. The molecular formula is C14H16INO3. The summed E-state index contributed by atoms with van der Waals surface area (Å²) in [5.41, 5.74) is 1.60. The molecule has 102 valence electrons. The molecule has 1 atom stereocenters. The smallest absolute Gasteiger partial charge is 0.326 e. The first-order valence-corrected chi connectivity index (χ1v) is 7.31. The summed E-state index contributed by atoms with van der Waals surface area (Å²) >= 11 is 2.12. The highest BCUT2D eigenvalue weighted by molar-refractivity contribution is 14.1. The van der Waals surface area contributed by atoms with E-state index in [1.165, 1.54) is 4.90 Å². The fourth-order valence-electron chi connectivity index (χ4n) is 2.07. The number of nitrogens with zero attached hydrogens (tertiary/aromatic N) is 1. The maximum absolute atomic E-state index is 12.6. The molecule has 5 heteroatoms. The zero-order chi connectivity index (χ0) is 14.2. The van der Waals surface area contributed by atoms with Gasteiger partial charge in [-0.15, -0.1) is 0 Å². The van der Waals surface area contributed by atoms with E-state index in [2.05, 4.69) is 22.6 Å². The Morgan fingerprint density at radius 2 is 2.05 bits per heavy atom. The molecule has 1 aliphatic carbocycles. The predicted molar refractivity (Wildman–Crippen MR) is 80.2 cm³/mol. The summed E-state index contributed by atoms with van der Waals surface area (Å²) in [4.78, 5) is 25.3. The van der Waals surface area contributed by atoms with Gasteiger partial charge in [0.25, 0.3) is 5.91 Å². The molecule has 0 heterocycles. The molecule has 0 saturated heterocycles. The third-order valence-corrected chi connectivity index (χ3v) is 4.24. The Balaban J connectivity index is 2.34. The first kappa shape index (κ1) is 14.3. The molecule has 0 spiro atoms. The molecule has 1 unspecified atom stereocenters. The summed E-state index contributed by atoms with van der Waals surface area (Å²) < 4.78 is 0.858. The summed E-state index contributed by atoms with van der Waals surface area (Å²) in [6, 6.07) is 4.96. The number of amides is 1. The van der Waals surface area contributed by atoms with Crippen LogP contribution in [0.4, 0.5) is 0 Å². The fourth-order valence-corrected chi connectivity index (χ4v) is 2.64. The number of benzene rings is 1. The lowest BCUT2D eigenvalue weighted by molar-refractivity contribution is -0.141. The van der Waals surface area contributed by atoms with Crippen molar-refractivity contribution >= 4 is 34.5 Å². The molecule has 1 amide bonds. The van der Waals surface area contributed by atoms with E-state index in [0.29, 0.717) is 5.56 Å². The van der Waals surface area contributed by atoms with Crippen LogP contribution in [0.2, 0.25) is 0 Å². The topological polar surface area (TPSA) is 57.6 Å². The molecular weight excluding hydrogens is 357 g/mol. The largest absolute Gasteiger partial charge is 0.480 e. The molecule has 4 nitrogen and oxygen atoms in total. The molecule has 0 bridgehead atoms. The number of halogens is 1. The van der Waals surface area contributed by atoms with Crippen LogP contribution in [0.1, 0.15) is 35.7 Å². The van der Waals surface area contributed by atoms with E-state index >= 15 is 0 Å². The van der Waals surface area contributed by atoms with Crippen LogP contribution in [0.5, 0.6) is 0 Å². The molecule has 1 saturated carbocycles. The number of carboxylic acid groups (broad SMARTS) is 1. The highest BCUT2D eigenvalue weighted by Gasteiger charge is 2.39. The van der Waals surface area contributed by atoms with Gasteiger partial charge in [-0.05, 0) is 61.4 Å². The number of hydrogen-bond acceptors (Lipinski definition) is 2. The van der Waals surface area contributed by atoms with Gasteiger partial charge in [-0.1, -0.05) is 11.6 Å². The minimum absolute atomic E-state index is 0.0786. The quantitative estimate of drug-likeness (QED) is 0.826. The van der Waals surface area contributed by atoms with Gasteiger partial charge in [0, 0.05) is 9.61 Å². The van der Waals surface area contributed by atoms with Gasteiger partial charge >= 0.3 is 5.97 Å². The van der Waals surface area contributed by atoms with Crippen LogP contribution in [0.3, 0.4) is 0 Å². The van der Waals surface area contributed by atoms with Gasteiger partial charge in [-0.3, -0.25) is 4.79 Å². The molecule has 1 aromatic rings. The fraction of sp³-hybridized carbons (Fsp3) is 0.429. The number of carbonyl (C=O) groups excluding carboxylic acids is 1.